The molecule has 4 heterocycles. The number of hydrazone groups is 1. The van der Waals surface area contributed by atoms with Crippen molar-refractivity contribution >= 4 is 33.0 Å². The summed E-state index contributed by atoms with van der Waals surface area (Å²) < 4.78 is 7.80. The topological polar surface area (TPSA) is 28.1 Å². The van der Waals surface area contributed by atoms with E-state index in [9.17, 15) is 0 Å². The average molecular weight is 446 g/mol. The summed E-state index contributed by atoms with van der Waals surface area (Å²) in [6.45, 7) is 5.58. The highest BCUT2D eigenvalue weighted by molar-refractivity contribution is 9.10. The van der Waals surface area contributed by atoms with Gasteiger partial charge in [0.25, 0.3) is 0 Å². The van der Waals surface area contributed by atoms with Crippen molar-refractivity contribution in [3.05, 3.63) is 50.6 Å². The third kappa shape index (κ3) is 3.02. The van der Waals surface area contributed by atoms with Crippen molar-refractivity contribution in [3.8, 4) is 5.75 Å². The van der Waals surface area contributed by atoms with Crippen LogP contribution in [0, 0.1) is 0 Å². The van der Waals surface area contributed by atoms with Crippen molar-refractivity contribution in [2.24, 2.45) is 5.10 Å². The molecule has 0 amide bonds. The molecule has 0 bridgehead atoms. The van der Waals surface area contributed by atoms with Gasteiger partial charge in [0.2, 0.25) is 5.72 Å². The fourth-order valence-electron chi connectivity index (χ4n) is 4.62. The third-order valence-electron chi connectivity index (χ3n) is 5.94. The molecule has 1 saturated heterocycles. The monoisotopic (exact) mass is 445 g/mol. The van der Waals surface area contributed by atoms with E-state index in [1.807, 2.05) is 0 Å². The standard InChI is InChI=1S/C21H24BrN3OS/c1-2-9-24-10-7-21(8-11-24)25-18(14-17(23-25)20-4-3-12-27-20)16-13-15(22)5-6-19(16)26-21/h3-6,12-13,18H,2,7-11,14H2,1H3/t18-/m0/s1. The van der Waals surface area contributed by atoms with Crippen molar-refractivity contribution in [1.29, 1.82) is 0 Å². The highest BCUT2D eigenvalue weighted by Crippen LogP contribution is 2.50. The molecule has 2 aromatic rings. The smallest absolute Gasteiger partial charge is 0.200 e. The Morgan fingerprint density at radius 1 is 1.30 bits per heavy atom. The van der Waals surface area contributed by atoms with Gasteiger partial charge in [0.15, 0.2) is 0 Å². The number of ether oxygens (including phenoxy) is 1. The molecular weight excluding hydrogens is 422 g/mol. The molecule has 27 heavy (non-hydrogen) atoms. The van der Waals surface area contributed by atoms with Gasteiger partial charge < -0.3 is 9.64 Å². The Kier molecular flexibility index (Phi) is 4.53. The molecule has 1 aromatic carbocycles. The van der Waals surface area contributed by atoms with Gasteiger partial charge in [0, 0.05) is 42.4 Å². The van der Waals surface area contributed by atoms with Crippen molar-refractivity contribution < 1.29 is 4.74 Å². The van der Waals surface area contributed by atoms with Crippen LogP contribution in [-0.2, 0) is 0 Å². The number of hydrogen-bond acceptors (Lipinski definition) is 5. The van der Waals surface area contributed by atoms with E-state index in [1.165, 1.54) is 29.1 Å². The van der Waals surface area contributed by atoms with E-state index >= 15 is 0 Å². The number of halogens is 1. The summed E-state index contributed by atoms with van der Waals surface area (Å²) >= 11 is 5.41. The lowest BCUT2D eigenvalue weighted by Gasteiger charge is -2.51. The number of nitrogens with zero attached hydrogens (tertiary/aromatic N) is 3. The van der Waals surface area contributed by atoms with Crippen LogP contribution in [0.1, 0.15) is 49.1 Å². The zero-order valence-electron chi connectivity index (χ0n) is 15.5. The Bertz CT molecular complexity index is 858. The Balaban J connectivity index is 1.53. The molecule has 1 spiro atoms. The van der Waals surface area contributed by atoms with Gasteiger partial charge in [0.1, 0.15) is 5.75 Å². The van der Waals surface area contributed by atoms with Gasteiger partial charge in [-0.25, -0.2) is 5.01 Å². The summed E-state index contributed by atoms with van der Waals surface area (Å²) in [7, 11) is 0. The van der Waals surface area contributed by atoms with Gasteiger partial charge in [-0.2, -0.15) is 5.10 Å². The van der Waals surface area contributed by atoms with E-state index in [2.05, 4.69) is 68.5 Å². The van der Waals surface area contributed by atoms with Crippen LogP contribution in [0.4, 0.5) is 0 Å². The van der Waals surface area contributed by atoms with Gasteiger partial charge in [-0.1, -0.05) is 28.9 Å². The first-order chi connectivity index (χ1) is 13.2. The summed E-state index contributed by atoms with van der Waals surface area (Å²) in [5, 5.41) is 9.57. The first kappa shape index (κ1) is 17.7. The Labute approximate surface area is 172 Å². The minimum Gasteiger partial charge on any atom is -0.466 e. The minimum absolute atomic E-state index is 0.265. The zero-order chi connectivity index (χ0) is 18.4. The molecule has 0 N–H and O–H groups in total. The van der Waals surface area contributed by atoms with Gasteiger partial charge in [-0.15, -0.1) is 11.3 Å². The largest absolute Gasteiger partial charge is 0.466 e. The quantitative estimate of drug-likeness (QED) is 0.644. The highest BCUT2D eigenvalue weighted by Gasteiger charge is 2.51. The van der Waals surface area contributed by atoms with Crippen molar-refractivity contribution in [3.63, 3.8) is 0 Å². The molecule has 3 aliphatic heterocycles. The SMILES string of the molecule is CCCN1CCC2(CC1)Oc1ccc(Br)cc1[C@@H]1CC(c3cccs3)=NN12. The summed E-state index contributed by atoms with van der Waals surface area (Å²) in [5.41, 5.74) is 2.14. The molecular formula is C21H24BrN3OS. The first-order valence-electron chi connectivity index (χ1n) is 9.80. The number of rotatable bonds is 3. The van der Waals surface area contributed by atoms with E-state index in [-0.39, 0.29) is 11.8 Å². The predicted molar refractivity (Wildman–Crippen MR) is 114 cm³/mol. The third-order valence-corrected chi connectivity index (χ3v) is 7.35. The molecule has 0 saturated carbocycles. The van der Waals surface area contributed by atoms with Crippen LogP contribution in [0.15, 0.2) is 45.3 Å². The second-order valence-corrected chi connectivity index (χ2v) is 9.52. The number of benzene rings is 1. The zero-order valence-corrected chi connectivity index (χ0v) is 17.9. The number of thiophene rings is 1. The van der Waals surface area contributed by atoms with E-state index < -0.39 is 0 Å². The van der Waals surface area contributed by atoms with Crippen LogP contribution in [0.2, 0.25) is 0 Å². The molecule has 3 aliphatic rings. The molecule has 0 radical (unpaired) electrons. The Morgan fingerprint density at radius 3 is 2.89 bits per heavy atom. The second kappa shape index (κ2) is 6.90. The van der Waals surface area contributed by atoms with Crippen LogP contribution >= 0.6 is 27.3 Å². The maximum absolute atomic E-state index is 6.70. The maximum atomic E-state index is 6.70. The number of likely N-dealkylation sites (tertiary alicyclic amines) is 1. The van der Waals surface area contributed by atoms with Crippen LogP contribution < -0.4 is 4.74 Å². The molecule has 4 nitrogen and oxygen atoms in total. The summed E-state index contributed by atoms with van der Waals surface area (Å²) in [6.07, 6.45) is 4.16. The maximum Gasteiger partial charge on any atom is 0.200 e. The molecule has 142 valence electrons. The van der Waals surface area contributed by atoms with Crippen molar-refractivity contribution in [2.45, 2.75) is 44.4 Å². The van der Waals surface area contributed by atoms with Crippen LogP contribution in [-0.4, -0.2) is 41.0 Å². The molecule has 1 atom stereocenters. The van der Waals surface area contributed by atoms with Gasteiger partial charge >= 0.3 is 0 Å². The van der Waals surface area contributed by atoms with Crippen LogP contribution in [0.3, 0.4) is 0 Å². The fraction of sp³-hybridized carbons (Fsp3) is 0.476. The number of fused-ring (bicyclic) bond motifs is 4. The van der Waals surface area contributed by atoms with Crippen LogP contribution in [0.5, 0.6) is 5.75 Å². The highest BCUT2D eigenvalue weighted by atomic mass is 79.9. The minimum atomic E-state index is -0.311. The van der Waals surface area contributed by atoms with E-state index in [1.54, 1.807) is 11.3 Å². The molecule has 6 heteroatoms. The van der Waals surface area contributed by atoms with Crippen LogP contribution in [0.25, 0.3) is 0 Å². The van der Waals surface area contributed by atoms with Gasteiger partial charge in [-0.3, -0.25) is 0 Å². The fourth-order valence-corrected chi connectivity index (χ4v) is 5.72. The summed E-state index contributed by atoms with van der Waals surface area (Å²) in [4.78, 5) is 3.83. The molecule has 0 unspecified atom stereocenters. The van der Waals surface area contributed by atoms with Crippen molar-refractivity contribution in [1.82, 2.24) is 9.91 Å². The van der Waals surface area contributed by atoms with E-state index in [0.29, 0.717) is 0 Å². The Morgan fingerprint density at radius 2 is 2.15 bits per heavy atom. The number of piperidine rings is 1. The summed E-state index contributed by atoms with van der Waals surface area (Å²) in [5.74, 6) is 1.03. The normalized spacial score (nSPS) is 23.7. The summed E-state index contributed by atoms with van der Waals surface area (Å²) in [6, 6.07) is 11.0. The number of hydrogen-bond donors (Lipinski definition) is 0. The van der Waals surface area contributed by atoms with E-state index in [0.717, 1.165) is 42.6 Å². The second-order valence-electron chi connectivity index (χ2n) is 7.66. The van der Waals surface area contributed by atoms with Crippen molar-refractivity contribution in [2.75, 3.05) is 19.6 Å². The molecule has 1 aromatic heterocycles. The van der Waals surface area contributed by atoms with Gasteiger partial charge in [-0.05, 0) is 42.6 Å². The Hall–Kier alpha value is -1.37. The van der Waals surface area contributed by atoms with Gasteiger partial charge in [0.05, 0.1) is 16.6 Å². The average Bonchev–Trinajstić information content (AvgIpc) is 3.34. The first-order valence-corrected chi connectivity index (χ1v) is 11.5. The molecule has 0 aliphatic carbocycles. The lowest BCUT2D eigenvalue weighted by Crippen LogP contribution is -2.59. The lowest BCUT2D eigenvalue weighted by atomic mass is 9.91. The predicted octanol–water partition coefficient (Wildman–Crippen LogP) is 5.26. The van der Waals surface area contributed by atoms with E-state index in [4.69, 9.17) is 9.84 Å². The molecule has 1 fully saturated rings. The lowest BCUT2D eigenvalue weighted by molar-refractivity contribution is -0.149. The molecule has 5 rings (SSSR count).